The second-order valence-electron chi connectivity index (χ2n) is 4.30. The maximum atomic E-state index is 9.57. The largest absolute Gasteiger partial charge is 0.389 e. The molecule has 0 bridgehead atoms. The molecule has 1 heterocycles. The Bertz CT molecular complexity index is 159. The Morgan fingerprint density at radius 1 is 1.47 bits per heavy atom. The molecule has 4 nitrogen and oxygen atoms in total. The lowest BCUT2D eigenvalue weighted by atomic mass is 10.1. The Morgan fingerprint density at radius 3 is 2.73 bits per heavy atom. The molecule has 0 aromatic heterocycles. The second-order valence-corrected chi connectivity index (χ2v) is 4.30. The van der Waals surface area contributed by atoms with Crippen molar-refractivity contribution in [2.45, 2.75) is 31.9 Å². The van der Waals surface area contributed by atoms with Crippen LogP contribution in [0.2, 0.25) is 0 Å². The molecule has 4 heteroatoms. The average molecular weight is 216 g/mol. The Labute approximate surface area is 92.6 Å². The van der Waals surface area contributed by atoms with Gasteiger partial charge < -0.3 is 20.1 Å². The van der Waals surface area contributed by atoms with E-state index < -0.39 is 0 Å². The topological polar surface area (TPSA) is 44.7 Å². The molecule has 15 heavy (non-hydrogen) atoms. The zero-order valence-corrected chi connectivity index (χ0v) is 9.91. The predicted molar refractivity (Wildman–Crippen MR) is 61.0 cm³/mol. The fraction of sp³-hybridized carbons (Fsp3) is 1.00. The number of nitrogens with one attached hydrogen (secondary N) is 1. The third-order valence-corrected chi connectivity index (χ3v) is 2.88. The molecule has 1 aliphatic rings. The number of nitrogens with zero attached hydrogens (tertiary/aromatic N) is 1. The van der Waals surface area contributed by atoms with Gasteiger partial charge in [0, 0.05) is 19.2 Å². The average Bonchev–Trinajstić information content (AvgIpc) is 2.25. The lowest BCUT2D eigenvalue weighted by molar-refractivity contribution is 0.0400. The van der Waals surface area contributed by atoms with E-state index in [1.165, 1.54) is 12.8 Å². The molecular weight excluding hydrogens is 192 g/mol. The van der Waals surface area contributed by atoms with Gasteiger partial charge in [-0.3, -0.25) is 0 Å². The van der Waals surface area contributed by atoms with E-state index in [0.717, 1.165) is 13.1 Å². The number of hydrogen-bond acceptors (Lipinski definition) is 4. The Hall–Kier alpha value is -0.160. The van der Waals surface area contributed by atoms with Crippen LogP contribution in [0, 0.1) is 0 Å². The van der Waals surface area contributed by atoms with E-state index >= 15 is 0 Å². The molecule has 0 aromatic rings. The summed E-state index contributed by atoms with van der Waals surface area (Å²) in [5, 5.41) is 13.0. The van der Waals surface area contributed by atoms with Crippen molar-refractivity contribution in [1.82, 2.24) is 10.2 Å². The predicted octanol–water partition coefficient (Wildman–Crippen LogP) is 0.0676. The molecule has 1 rings (SSSR count). The molecule has 90 valence electrons. The molecule has 0 spiro atoms. The number of aliphatic hydroxyl groups excluding tert-OH is 1. The minimum atomic E-state index is -0.371. The van der Waals surface area contributed by atoms with Crippen LogP contribution < -0.4 is 5.32 Å². The van der Waals surface area contributed by atoms with Gasteiger partial charge in [0.2, 0.25) is 0 Å². The Morgan fingerprint density at radius 2 is 2.13 bits per heavy atom. The highest BCUT2D eigenvalue weighted by Crippen LogP contribution is 2.07. The van der Waals surface area contributed by atoms with Crippen molar-refractivity contribution >= 4 is 0 Å². The van der Waals surface area contributed by atoms with Gasteiger partial charge in [-0.2, -0.15) is 0 Å². The highest BCUT2D eigenvalue weighted by molar-refractivity contribution is 4.76. The standard InChI is InChI=1S/C11H24N2O2/c1-3-15-9-11(14)8-12-10-4-6-13(2)7-5-10/h10-12,14H,3-9H2,1-2H3. The molecule has 2 N–H and O–H groups in total. The molecule has 1 saturated heterocycles. The van der Waals surface area contributed by atoms with Crippen molar-refractivity contribution < 1.29 is 9.84 Å². The van der Waals surface area contributed by atoms with E-state index in [9.17, 15) is 5.11 Å². The Balaban J connectivity index is 2.04. The van der Waals surface area contributed by atoms with Crippen molar-refractivity contribution in [3.8, 4) is 0 Å². The smallest absolute Gasteiger partial charge is 0.0897 e. The molecule has 0 saturated carbocycles. The van der Waals surface area contributed by atoms with E-state index in [0.29, 0.717) is 25.8 Å². The maximum Gasteiger partial charge on any atom is 0.0897 e. The van der Waals surface area contributed by atoms with E-state index in [1.54, 1.807) is 0 Å². The monoisotopic (exact) mass is 216 g/mol. The molecule has 1 atom stereocenters. The van der Waals surface area contributed by atoms with Crippen LogP contribution in [0.4, 0.5) is 0 Å². The Kier molecular flexibility index (Phi) is 6.17. The SMILES string of the molecule is CCOCC(O)CNC1CCN(C)CC1. The fourth-order valence-electron chi connectivity index (χ4n) is 1.83. The third-order valence-electron chi connectivity index (χ3n) is 2.88. The van der Waals surface area contributed by atoms with E-state index in [2.05, 4.69) is 17.3 Å². The zero-order chi connectivity index (χ0) is 11.1. The van der Waals surface area contributed by atoms with Crippen molar-refractivity contribution in [2.24, 2.45) is 0 Å². The van der Waals surface area contributed by atoms with Crippen LogP contribution in [0.1, 0.15) is 19.8 Å². The molecule has 1 aliphatic heterocycles. The second kappa shape index (κ2) is 7.17. The summed E-state index contributed by atoms with van der Waals surface area (Å²) in [4.78, 5) is 2.34. The number of likely N-dealkylation sites (tertiary alicyclic amines) is 1. The van der Waals surface area contributed by atoms with Crippen LogP contribution in [-0.2, 0) is 4.74 Å². The summed E-state index contributed by atoms with van der Waals surface area (Å²) in [5.41, 5.74) is 0. The normalized spacial score (nSPS) is 21.8. The molecule has 0 aliphatic carbocycles. The van der Waals surface area contributed by atoms with E-state index in [4.69, 9.17) is 4.74 Å². The van der Waals surface area contributed by atoms with Gasteiger partial charge in [-0.25, -0.2) is 0 Å². The van der Waals surface area contributed by atoms with Gasteiger partial charge in [0.25, 0.3) is 0 Å². The van der Waals surface area contributed by atoms with Crippen molar-refractivity contribution in [2.75, 3.05) is 39.9 Å². The van der Waals surface area contributed by atoms with Crippen LogP contribution in [0.25, 0.3) is 0 Å². The van der Waals surface area contributed by atoms with Gasteiger partial charge in [0.15, 0.2) is 0 Å². The van der Waals surface area contributed by atoms with Gasteiger partial charge in [0.1, 0.15) is 0 Å². The summed E-state index contributed by atoms with van der Waals surface area (Å²) in [6.07, 6.45) is 1.99. The van der Waals surface area contributed by atoms with E-state index in [-0.39, 0.29) is 6.10 Å². The number of piperidine rings is 1. The highest BCUT2D eigenvalue weighted by atomic mass is 16.5. The molecule has 0 radical (unpaired) electrons. The lowest BCUT2D eigenvalue weighted by Crippen LogP contribution is -2.44. The summed E-state index contributed by atoms with van der Waals surface area (Å²) in [5.74, 6) is 0. The summed E-state index contributed by atoms with van der Waals surface area (Å²) >= 11 is 0. The van der Waals surface area contributed by atoms with Crippen LogP contribution in [0.5, 0.6) is 0 Å². The van der Waals surface area contributed by atoms with Crippen molar-refractivity contribution in [3.05, 3.63) is 0 Å². The van der Waals surface area contributed by atoms with Gasteiger partial charge in [-0.1, -0.05) is 0 Å². The first-order chi connectivity index (χ1) is 7.22. The molecule has 0 aromatic carbocycles. The van der Waals surface area contributed by atoms with Crippen molar-refractivity contribution in [3.63, 3.8) is 0 Å². The highest BCUT2D eigenvalue weighted by Gasteiger charge is 2.16. The summed E-state index contributed by atoms with van der Waals surface area (Å²) < 4.78 is 5.15. The minimum absolute atomic E-state index is 0.371. The third kappa shape index (κ3) is 5.47. The van der Waals surface area contributed by atoms with Gasteiger partial charge in [-0.15, -0.1) is 0 Å². The van der Waals surface area contributed by atoms with Crippen LogP contribution >= 0.6 is 0 Å². The molecule has 1 unspecified atom stereocenters. The molecular formula is C11H24N2O2. The first-order valence-electron chi connectivity index (χ1n) is 5.90. The molecule has 0 amide bonds. The zero-order valence-electron chi connectivity index (χ0n) is 9.91. The number of ether oxygens (including phenoxy) is 1. The number of aliphatic hydroxyl groups is 1. The van der Waals surface area contributed by atoms with E-state index in [1.807, 2.05) is 6.92 Å². The maximum absolute atomic E-state index is 9.57. The quantitative estimate of drug-likeness (QED) is 0.659. The number of hydrogen-bond donors (Lipinski definition) is 2. The van der Waals surface area contributed by atoms with Crippen molar-refractivity contribution in [1.29, 1.82) is 0 Å². The van der Waals surface area contributed by atoms with Gasteiger partial charge in [0.05, 0.1) is 12.7 Å². The number of rotatable bonds is 6. The molecule has 1 fully saturated rings. The summed E-state index contributed by atoms with van der Waals surface area (Å²) in [6, 6.07) is 0.567. The van der Waals surface area contributed by atoms with Gasteiger partial charge >= 0.3 is 0 Å². The van der Waals surface area contributed by atoms with Crippen LogP contribution in [0.15, 0.2) is 0 Å². The van der Waals surface area contributed by atoms with Gasteiger partial charge in [-0.05, 0) is 39.9 Å². The lowest BCUT2D eigenvalue weighted by Gasteiger charge is -2.30. The van der Waals surface area contributed by atoms with Crippen LogP contribution in [0.3, 0.4) is 0 Å². The minimum Gasteiger partial charge on any atom is -0.389 e. The first-order valence-corrected chi connectivity index (χ1v) is 5.90. The van der Waals surface area contributed by atoms with Crippen LogP contribution in [-0.4, -0.2) is 62.0 Å². The first kappa shape index (κ1) is 12.9. The summed E-state index contributed by atoms with van der Waals surface area (Å²) in [6.45, 7) is 6.01. The summed E-state index contributed by atoms with van der Waals surface area (Å²) in [7, 11) is 2.15. The fourth-order valence-corrected chi connectivity index (χ4v) is 1.83.